The zero-order chi connectivity index (χ0) is 23.0. The quantitative estimate of drug-likeness (QED) is 0.370. The number of ether oxygens (including phenoxy) is 1. The van der Waals surface area contributed by atoms with Gasteiger partial charge in [-0.25, -0.2) is 18.2 Å². The van der Waals surface area contributed by atoms with Gasteiger partial charge in [-0.05, 0) is 44.5 Å². The Hall–Kier alpha value is -2.95. The van der Waals surface area contributed by atoms with E-state index in [1.807, 2.05) is 6.92 Å². The monoisotopic (exact) mass is 490 g/mol. The molecule has 0 aliphatic carbocycles. The number of pyridine rings is 1. The molecule has 0 unspecified atom stereocenters. The summed E-state index contributed by atoms with van der Waals surface area (Å²) in [5.74, 6) is -0.654. The summed E-state index contributed by atoms with van der Waals surface area (Å²) in [5, 5.41) is 7.58. The van der Waals surface area contributed by atoms with E-state index in [2.05, 4.69) is 19.9 Å². The predicted molar refractivity (Wildman–Crippen MR) is 125 cm³/mol. The smallest absolute Gasteiger partial charge is 0.342 e. The summed E-state index contributed by atoms with van der Waals surface area (Å²) in [6.07, 6.45) is 3.42. The zero-order valence-electron chi connectivity index (χ0n) is 17.4. The molecule has 3 aromatic heterocycles. The summed E-state index contributed by atoms with van der Waals surface area (Å²) in [7, 11) is -4.06. The molecule has 0 saturated carbocycles. The van der Waals surface area contributed by atoms with Crippen LogP contribution in [0.3, 0.4) is 0 Å². The molecule has 0 aliphatic heterocycles. The molecular weight excluding hydrogens is 472 g/mol. The Morgan fingerprint density at radius 2 is 2.09 bits per heavy atom. The van der Waals surface area contributed by atoms with Gasteiger partial charge in [0.15, 0.2) is 0 Å². The maximum Gasteiger partial charge on any atom is 0.342 e. The minimum absolute atomic E-state index is 0.0228. The molecular formula is C21H19ClN4O4S2. The number of nitrogens with one attached hydrogen (secondary N) is 2. The number of benzene rings is 1. The second-order valence-electron chi connectivity index (χ2n) is 6.95. The first-order chi connectivity index (χ1) is 15.2. The minimum atomic E-state index is -4.06. The van der Waals surface area contributed by atoms with Crippen LogP contribution in [0.25, 0.3) is 20.7 Å². The van der Waals surface area contributed by atoms with Gasteiger partial charge in [0, 0.05) is 27.0 Å². The van der Waals surface area contributed by atoms with Crippen LogP contribution in [0.1, 0.15) is 28.5 Å². The Balaban J connectivity index is 1.99. The molecule has 32 heavy (non-hydrogen) atoms. The number of thiophene rings is 1. The van der Waals surface area contributed by atoms with Gasteiger partial charge in [-0.3, -0.25) is 9.82 Å². The molecule has 4 aromatic rings. The second-order valence-corrected chi connectivity index (χ2v) is 10.1. The van der Waals surface area contributed by atoms with Gasteiger partial charge in [0.1, 0.15) is 10.4 Å². The van der Waals surface area contributed by atoms with Gasteiger partial charge in [-0.15, -0.1) is 11.3 Å². The van der Waals surface area contributed by atoms with E-state index < -0.39 is 16.0 Å². The molecule has 0 atom stereocenters. The van der Waals surface area contributed by atoms with Crippen molar-refractivity contribution in [2.24, 2.45) is 0 Å². The van der Waals surface area contributed by atoms with E-state index >= 15 is 0 Å². The number of anilines is 1. The molecule has 3 heterocycles. The van der Waals surface area contributed by atoms with Crippen molar-refractivity contribution in [1.82, 2.24) is 15.2 Å². The van der Waals surface area contributed by atoms with Gasteiger partial charge in [-0.2, -0.15) is 5.10 Å². The molecule has 0 amide bonds. The highest BCUT2D eigenvalue weighted by Crippen LogP contribution is 2.43. The van der Waals surface area contributed by atoms with Crippen LogP contribution in [0.5, 0.6) is 0 Å². The highest BCUT2D eigenvalue weighted by atomic mass is 35.5. The fourth-order valence-electron chi connectivity index (χ4n) is 3.42. The van der Waals surface area contributed by atoms with Crippen LogP contribution in [0.15, 0.2) is 41.6 Å². The van der Waals surface area contributed by atoms with Crippen LogP contribution in [-0.4, -0.2) is 36.2 Å². The van der Waals surface area contributed by atoms with Crippen LogP contribution >= 0.6 is 22.9 Å². The average Bonchev–Trinajstić information content (AvgIpc) is 3.36. The van der Waals surface area contributed by atoms with Crippen molar-refractivity contribution in [3.8, 4) is 10.4 Å². The SMILES string of the molecule is CCOC(=O)c1c(C)nc2sc(-c3cn[nH]c3)c(C)c2c1NS(=O)(=O)c1cccc(Cl)c1. The molecule has 0 fully saturated rings. The maximum absolute atomic E-state index is 13.2. The summed E-state index contributed by atoms with van der Waals surface area (Å²) in [4.78, 5) is 18.8. The third-order valence-electron chi connectivity index (χ3n) is 4.84. The number of halogens is 1. The summed E-state index contributed by atoms with van der Waals surface area (Å²) in [6, 6.07) is 5.90. The molecule has 8 nitrogen and oxygen atoms in total. The third-order valence-corrected chi connectivity index (χ3v) is 7.66. The zero-order valence-corrected chi connectivity index (χ0v) is 19.8. The van der Waals surface area contributed by atoms with Crippen LogP contribution in [-0.2, 0) is 14.8 Å². The number of nitrogens with zero attached hydrogens (tertiary/aromatic N) is 2. The number of sulfonamides is 1. The van der Waals surface area contributed by atoms with Crippen molar-refractivity contribution < 1.29 is 17.9 Å². The van der Waals surface area contributed by atoms with Gasteiger partial charge in [0.2, 0.25) is 0 Å². The molecule has 0 spiro atoms. The fourth-order valence-corrected chi connectivity index (χ4v) is 6.02. The molecule has 0 radical (unpaired) electrons. The van der Waals surface area contributed by atoms with E-state index in [4.69, 9.17) is 16.3 Å². The fraction of sp³-hybridized carbons (Fsp3) is 0.190. The van der Waals surface area contributed by atoms with Crippen molar-refractivity contribution in [2.75, 3.05) is 11.3 Å². The van der Waals surface area contributed by atoms with Crippen LogP contribution < -0.4 is 4.72 Å². The van der Waals surface area contributed by atoms with Crippen LogP contribution in [0, 0.1) is 13.8 Å². The molecule has 2 N–H and O–H groups in total. The van der Waals surface area contributed by atoms with Crippen molar-refractivity contribution in [3.05, 3.63) is 58.5 Å². The Morgan fingerprint density at radius 3 is 2.75 bits per heavy atom. The number of aromatic amines is 1. The van der Waals surface area contributed by atoms with E-state index in [0.717, 1.165) is 16.0 Å². The summed E-state index contributed by atoms with van der Waals surface area (Å²) >= 11 is 7.39. The van der Waals surface area contributed by atoms with E-state index in [1.165, 1.54) is 23.5 Å². The number of H-pyrrole nitrogens is 1. The maximum atomic E-state index is 13.2. The Morgan fingerprint density at radius 1 is 1.31 bits per heavy atom. The van der Waals surface area contributed by atoms with Crippen molar-refractivity contribution in [1.29, 1.82) is 0 Å². The van der Waals surface area contributed by atoms with Crippen molar-refractivity contribution in [2.45, 2.75) is 25.7 Å². The number of fused-ring (bicyclic) bond motifs is 1. The Bertz CT molecular complexity index is 1430. The molecule has 11 heteroatoms. The molecule has 0 saturated heterocycles. The largest absolute Gasteiger partial charge is 0.462 e. The number of esters is 1. The number of carbonyl (C=O) groups is 1. The van der Waals surface area contributed by atoms with Crippen molar-refractivity contribution in [3.63, 3.8) is 0 Å². The van der Waals surface area contributed by atoms with Gasteiger partial charge in [0.05, 0.1) is 29.1 Å². The van der Waals surface area contributed by atoms with E-state index in [0.29, 0.717) is 15.9 Å². The normalized spacial score (nSPS) is 11.6. The standard InChI is InChI=1S/C21H19ClN4O4S2/c1-4-30-21(27)17-12(3)25-20-16(11(2)19(31-20)13-9-23-24-10-13)18(17)26-32(28,29)15-7-5-6-14(22)8-15/h5-10H,4H2,1-3H3,(H,23,24)(H,25,26). The summed E-state index contributed by atoms with van der Waals surface area (Å²) in [5.41, 5.74) is 2.18. The number of carbonyl (C=O) groups excluding carboxylic acids is 1. The Kier molecular flexibility index (Phi) is 5.93. The van der Waals surface area contributed by atoms with E-state index in [1.54, 1.807) is 38.4 Å². The van der Waals surface area contributed by atoms with Gasteiger partial charge in [-0.1, -0.05) is 17.7 Å². The highest BCUT2D eigenvalue weighted by Gasteiger charge is 2.28. The van der Waals surface area contributed by atoms with Crippen LogP contribution in [0.2, 0.25) is 5.02 Å². The topological polar surface area (TPSA) is 114 Å². The first kappa shape index (κ1) is 22.3. The van der Waals surface area contributed by atoms with Gasteiger partial charge < -0.3 is 4.74 Å². The molecule has 0 aliphatic rings. The van der Waals surface area contributed by atoms with Gasteiger partial charge >= 0.3 is 5.97 Å². The first-order valence-corrected chi connectivity index (χ1v) is 12.3. The van der Waals surface area contributed by atoms with E-state index in [-0.39, 0.29) is 27.8 Å². The molecule has 0 bridgehead atoms. The predicted octanol–water partition coefficient (Wildman–Crippen LogP) is 4.93. The number of aryl methyl sites for hydroxylation is 2. The lowest BCUT2D eigenvalue weighted by atomic mass is 10.1. The minimum Gasteiger partial charge on any atom is -0.462 e. The number of hydrogen-bond acceptors (Lipinski definition) is 7. The third kappa shape index (κ3) is 3.96. The van der Waals surface area contributed by atoms with Crippen molar-refractivity contribution >= 4 is 54.8 Å². The first-order valence-electron chi connectivity index (χ1n) is 9.61. The summed E-state index contributed by atoms with van der Waals surface area (Å²) < 4.78 is 34.3. The van der Waals surface area contributed by atoms with E-state index in [9.17, 15) is 13.2 Å². The second kappa shape index (κ2) is 8.53. The lowest BCUT2D eigenvalue weighted by Gasteiger charge is -2.16. The summed E-state index contributed by atoms with van der Waals surface area (Å²) in [6.45, 7) is 5.32. The number of rotatable bonds is 6. The number of hydrogen-bond donors (Lipinski definition) is 2. The molecule has 1 aromatic carbocycles. The lowest BCUT2D eigenvalue weighted by molar-refractivity contribution is 0.0526. The number of aromatic nitrogens is 3. The Labute approximate surface area is 193 Å². The van der Waals surface area contributed by atoms with Crippen LogP contribution in [0.4, 0.5) is 5.69 Å². The average molecular weight is 491 g/mol. The highest BCUT2D eigenvalue weighted by molar-refractivity contribution is 7.92. The molecule has 166 valence electrons. The van der Waals surface area contributed by atoms with Gasteiger partial charge in [0.25, 0.3) is 10.0 Å². The lowest BCUT2D eigenvalue weighted by Crippen LogP contribution is -2.18. The molecule has 4 rings (SSSR count).